The predicted octanol–water partition coefficient (Wildman–Crippen LogP) is 1.76. The molecule has 0 radical (unpaired) electrons. The second kappa shape index (κ2) is 5.60. The highest BCUT2D eigenvalue weighted by molar-refractivity contribution is 6.30. The zero-order valence-electron chi connectivity index (χ0n) is 11.3. The SMILES string of the molecule is CC(C)(N)c1cn(CC(=O)Nc2ccc(Cl)cc2)nn1. The highest BCUT2D eigenvalue weighted by Crippen LogP contribution is 2.14. The molecular formula is C13H16ClN5O. The average Bonchev–Trinajstić information content (AvgIpc) is 2.80. The lowest BCUT2D eigenvalue weighted by Gasteiger charge is -2.13. The maximum Gasteiger partial charge on any atom is 0.246 e. The molecule has 0 aliphatic heterocycles. The van der Waals surface area contributed by atoms with Crippen molar-refractivity contribution in [1.29, 1.82) is 0 Å². The van der Waals surface area contributed by atoms with Crippen LogP contribution < -0.4 is 11.1 Å². The topological polar surface area (TPSA) is 85.8 Å². The van der Waals surface area contributed by atoms with Gasteiger partial charge in [0.25, 0.3) is 0 Å². The summed E-state index contributed by atoms with van der Waals surface area (Å²) in [7, 11) is 0. The molecule has 106 valence electrons. The molecule has 6 nitrogen and oxygen atoms in total. The van der Waals surface area contributed by atoms with E-state index in [1.165, 1.54) is 4.68 Å². The lowest BCUT2D eigenvalue weighted by atomic mass is 10.0. The Morgan fingerprint density at radius 3 is 2.60 bits per heavy atom. The second-order valence-corrected chi connectivity index (χ2v) is 5.51. The molecule has 0 spiro atoms. The number of benzene rings is 1. The summed E-state index contributed by atoms with van der Waals surface area (Å²) < 4.78 is 1.45. The van der Waals surface area contributed by atoms with Gasteiger partial charge in [-0.2, -0.15) is 0 Å². The maximum atomic E-state index is 11.9. The molecule has 1 amide bonds. The zero-order chi connectivity index (χ0) is 14.8. The van der Waals surface area contributed by atoms with Crippen molar-refractivity contribution in [2.75, 3.05) is 5.32 Å². The van der Waals surface area contributed by atoms with Gasteiger partial charge in [-0.3, -0.25) is 4.79 Å². The number of hydrogen-bond acceptors (Lipinski definition) is 4. The Kier molecular flexibility index (Phi) is 4.06. The Morgan fingerprint density at radius 2 is 2.05 bits per heavy atom. The summed E-state index contributed by atoms with van der Waals surface area (Å²) in [4.78, 5) is 11.9. The molecule has 1 aromatic carbocycles. The minimum atomic E-state index is -0.578. The monoisotopic (exact) mass is 293 g/mol. The number of nitrogens with two attached hydrogens (primary N) is 1. The summed E-state index contributed by atoms with van der Waals surface area (Å²) >= 11 is 5.78. The minimum Gasteiger partial charge on any atom is -0.324 e. The van der Waals surface area contributed by atoms with Crippen molar-refractivity contribution in [3.8, 4) is 0 Å². The van der Waals surface area contributed by atoms with E-state index in [4.69, 9.17) is 17.3 Å². The minimum absolute atomic E-state index is 0.0751. The average molecular weight is 294 g/mol. The zero-order valence-corrected chi connectivity index (χ0v) is 12.1. The van der Waals surface area contributed by atoms with Crippen molar-refractivity contribution in [2.45, 2.75) is 25.9 Å². The van der Waals surface area contributed by atoms with E-state index in [2.05, 4.69) is 15.6 Å². The molecule has 0 bridgehead atoms. The van der Waals surface area contributed by atoms with Gasteiger partial charge in [-0.05, 0) is 38.1 Å². The number of anilines is 1. The van der Waals surface area contributed by atoms with Crippen LogP contribution in [0.4, 0.5) is 5.69 Å². The van der Waals surface area contributed by atoms with Crippen molar-refractivity contribution in [2.24, 2.45) is 5.73 Å². The van der Waals surface area contributed by atoms with E-state index in [1.54, 1.807) is 30.5 Å². The van der Waals surface area contributed by atoms with Crippen LogP contribution in [-0.4, -0.2) is 20.9 Å². The molecule has 0 saturated carbocycles. The van der Waals surface area contributed by atoms with Crippen LogP contribution in [0.5, 0.6) is 0 Å². The van der Waals surface area contributed by atoms with Crippen LogP contribution in [-0.2, 0) is 16.9 Å². The highest BCUT2D eigenvalue weighted by Gasteiger charge is 2.18. The van der Waals surface area contributed by atoms with E-state index >= 15 is 0 Å². The van der Waals surface area contributed by atoms with E-state index in [0.717, 1.165) is 0 Å². The van der Waals surface area contributed by atoms with Crippen molar-refractivity contribution in [1.82, 2.24) is 15.0 Å². The van der Waals surface area contributed by atoms with E-state index in [0.29, 0.717) is 16.4 Å². The summed E-state index contributed by atoms with van der Waals surface area (Å²) in [5.74, 6) is -0.196. The molecule has 0 saturated heterocycles. The van der Waals surface area contributed by atoms with Crippen LogP contribution in [0.15, 0.2) is 30.5 Å². The molecule has 0 aliphatic carbocycles. The third-order valence-electron chi connectivity index (χ3n) is 2.63. The van der Waals surface area contributed by atoms with Crippen LogP contribution >= 0.6 is 11.6 Å². The molecule has 20 heavy (non-hydrogen) atoms. The number of halogens is 1. The van der Waals surface area contributed by atoms with Crippen molar-refractivity contribution >= 4 is 23.2 Å². The van der Waals surface area contributed by atoms with E-state index in [1.807, 2.05) is 13.8 Å². The third-order valence-corrected chi connectivity index (χ3v) is 2.88. The van der Waals surface area contributed by atoms with Gasteiger partial charge in [-0.25, -0.2) is 4.68 Å². The van der Waals surface area contributed by atoms with Crippen LogP contribution in [0.1, 0.15) is 19.5 Å². The van der Waals surface area contributed by atoms with Gasteiger partial charge < -0.3 is 11.1 Å². The first kappa shape index (κ1) is 14.5. The van der Waals surface area contributed by atoms with E-state index in [-0.39, 0.29) is 12.5 Å². The normalized spacial score (nSPS) is 11.4. The van der Waals surface area contributed by atoms with Gasteiger partial charge in [-0.15, -0.1) is 5.10 Å². The Balaban J connectivity index is 1.98. The lowest BCUT2D eigenvalue weighted by molar-refractivity contribution is -0.116. The summed E-state index contributed by atoms with van der Waals surface area (Å²) in [5, 5.41) is 11.2. The summed E-state index contributed by atoms with van der Waals surface area (Å²) in [5.41, 5.74) is 6.65. The van der Waals surface area contributed by atoms with Gasteiger partial charge in [0.2, 0.25) is 5.91 Å². The largest absolute Gasteiger partial charge is 0.324 e. The fraction of sp³-hybridized carbons (Fsp3) is 0.308. The smallest absolute Gasteiger partial charge is 0.246 e. The quantitative estimate of drug-likeness (QED) is 0.899. The van der Waals surface area contributed by atoms with Crippen LogP contribution in [0, 0.1) is 0 Å². The molecule has 0 aliphatic rings. The molecular weight excluding hydrogens is 278 g/mol. The maximum absolute atomic E-state index is 11.9. The second-order valence-electron chi connectivity index (χ2n) is 5.08. The summed E-state index contributed by atoms with van der Waals surface area (Å²) in [6.07, 6.45) is 1.67. The molecule has 1 heterocycles. The number of aromatic nitrogens is 3. The van der Waals surface area contributed by atoms with Crippen LogP contribution in [0.2, 0.25) is 5.02 Å². The van der Waals surface area contributed by atoms with E-state index < -0.39 is 5.54 Å². The van der Waals surface area contributed by atoms with Crippen LogP contribution in [0.3, 0.4) is 0 Å². The Bertz CT molecular complexity index is 600. The fourth-order valence-electron chi connectivity index (χ4n) is 1.55. The van der Waals surface area contributed by atoms with Gasteiger partial charge >= 0.3 is 0 Å². The molecule has 0 atom stereocenters. The van der Waals surface area contributed by atoms with Crippen molar-refractivity contribution in [3.63, 3.8) is 0 Å². The Labute approximate surface area is 121 Å². The fourth-order valence-corrected chi connectivity index (χ4v) is 1.68. The van der Waals surface area contributed by atoms with Crippen molar-refractivity contribution in [3.05, 3.63) is 41.2 Å². The van der Waals surface area contributed by atoms with Gasteiger partial charge in [0, 0.05) is 10.7 Å². The molecule has 1 aromatic heterocycles. The molecule has 0 unspecified atom stereocenters. The van der Waals surface area contributed by atoms with Crippen LogP contribution in [0.25, 0.3) is 0 Å². The van der Waals surface area contributed by atoms with Gasteiger partial charge in [0.1, 0.15) is 12.2 Å². The van der Waals surface area contributed by atoms with Crippen molar-refractivity contribution < 1.29 is 4.79 Å². The Morgan fingerprint density at radius 1 is 1.40 bits per heavy atom. The van der Waals surface area contributed by atoms with E-state index in [9.17, 15) is 4.79 Å². The van der Waals surface area contributed by atoms with Gasteiger partial charge in [-0.1, -0.05) is 16.8 Å². The Hall–Kier alpha value is -1.92. The van der Waals surface area contributed by atoms with Gasteiger partial charge in [0.15, 0.2) is 0 Å². The number of nitrogens with one attached hydrogen (secondary N) is 1. The van der Waals surface area contributed by atoms with Gasteiger partial charge in [0.05, 0.1) is 11.7 Å². The standard InChI is InChI=1S/C13H16ClN5O/c1-13(2,15)11-7-19(18-17-11)8-12(20)16-10-5-3-9(14)4-6-10/h3-7H,8,15H2,1-2H3,(H,16,20). The summed E-state index contributed by atoms with van der Waals surface area (Å²) in [6.45, 7) is 3.73. The first-order chi connectivity index (χ1) is 9.34. The number of carbonyl (C=O) groups is 1. The first-order valence-electron chi connectivity index (χ1n) is 6.09. The summed E-state index contributed by atoms with van der Waals surface area (Å²) in [6, 6.07) is 6.88. The molecule has 7 heteroatoms. The number of nitrogens with zero attached hydrogens (tertiary/aromatic N) is 3. The molecule has 3 N–H and O–H groups in total. The third kappa shape index (κ3) is 3.79. The number of amides is 1. The predicted molar refractivity (Wildman–Crippen MR) is 77.3 cm³/mol. The molecule has 2 rings (SSSR count). The highest BCUT2D eigenvalue weighted by atomic mass is 35.5. The number of carbonyl (C=O) groups excluding carboxylic acids is 1. The molecule has 2 aromatic rings. The molecule has 0 fully saturated rings. The number of hydrogen-bond donors (Lipinski definition) is 2. The first-order valence-corrected chi connectivity index (χ1v) is 6.47. The lowest BCUT2D eigenvalue weighted by Crippen LogP contribution is -2.29. The number of rotatable bonds is 4.